The van der Waals surface area contributed by atoms with Gasteiger partial charge in [-0.25, -0.2) is 0 Å². The molecule has 0 atom stereocenters. The highest BCUT2D eigenvalue weighted by Crippen LogP contribution is 2.32. The average molecular weight is 279 g/mol. The molecule has 1 aliphatic rings. The lowest BCUT2D eigenvalue weighted by Crippen LogP contribution is -2.16. The fourth-order valence-electron chi connectivity index (χ4n) is 2.09. The van der Waals surface area contributed by atoms with Gasteiger partial charge < -0.3 is 19.5 Å². The van der Waals surface area contributed by atoms with Gasteiger partial charge in [0.1, 0.15) is 0 Å². The van der Waals surface area contributed by atoms with Crippen LogP contribution in [0.1, 0.15) is 31.2 Å². The second-order valence-electron chi connectivity index (χ2n) is 5.15. The summed E-state index contributed by atoms with van der Waals surface area (Å²) < 4.78 is 16.4. The Morgan fingerprint density at radius 1 is 1.15 bits per heavy atom. The Bertz CT molecular complexity index is 405. The molecule has 20 heavy (non-hydrogen) atoms. The quantitative estimate of drug-likeness (QED) is 0.669. The SMILES string of the molecule is COCCCCOc1c(CNC2CC2)cccc1OC. The molecule has 1 fully saturated rings. The first-order valence-electron chi connectivity index (χ1n) is 7.36. The van der Waals surface area contributed by atoms with Crippen LogP contribution in [0.3, 0.4) is 0 Å². The summed E-state index contributed by atoms with van der Waals surface area (Å²) in [5, 5.41) is 3.52. The van der Waals surface area contributed by atoms with E-state index in [1.54, 1.807) is 14.2 Å². The molecule has 112 valence electrons. The molecule has 0 bridgehead atoms. The van der Waals surface area contributed by atoms with Crippen LogP contribution < -0.4 is 14.8 Å². The smallest absolute Gasteiger partial charge is 0.165 e. The molecule has 4 heteroatoms. The van der Waals surface area contributed by atoms with Crippen molar-refractivity contribution in [3.05, 3.63) is 23.8 Å². The minimum absolute atomic E-state index is 0.691. The maximum atomic E-state index is 5.94. The first-order chi connectivity index (χ1) is 9.85. The summed E-state index contributed by atoms with van der Waals surface area (Å²) in [7, 11) is 3.41. The van der Waals surface area contributed by atoms with E-state index in [9.17, 15) is 0 Å². The second kappa shape index (κ2) is 8.12. The minimum atomic E-state index is 0.691. The van der Waals surface area contributed by atoms with Crippen LogP contribution >= 0.6 is 0 Å². The van der Waals surface area contributed by atoms with E-state index in [2.05, 4.69) is 11.4 Å². The van der Waals surface area contributed by atoms with E-state index < -0.39 is 0 Å². The molecule has 0 spiro atoms. The van der Waals surface area contributed by atoms with Gasteiger partial charge in [-0.15, -0.1) is 0 Å². The molecule has 1 aliphatic carbocycles. The van der Waals surface area contributed by atoms with Crippen molar-refractivity contribution in [1.82, 2.24) is 5.32 Å². The summed E-state index contributed by atoms with van der Waals surface area (Å²) in [4.78, 5) is 0. The third kappa shape index (κ3) is 4.69. The summed E-state index contributed by atoms with van der Waals surface area (Å²) >= 11 is 0. The number of ether oxygens (including phenoxy) is 3. The number of nitrogens with one attached hydrogen (secondary N) is 1. The van der Waals surface area contributed by atoms with Crippen molar-refractivity contribution in [3.8, 4) is 11.5 Å². The maximum Gasteiger partial charge on any atom is 0.165 e. The topological polar surface area (TPSA) is 39.7 Å². The van der Waals surface area contributed by atoms with Crippen LogP contribution in [0.25, 0.3) is 0 Å². The predicted octanol–water partition coefficient (Wildman–Crippen LogP) is 2.75. The summed E-state index contributed by atoms with van der Waals surface area (Å²) in [6, 6.07) is 6.75. The Labute approximate surface area is 121 Å². The van der Waals surface area contributed by atoms with Crippen LogP contribution in [-0.2, 0) is 11.3 Å². The Balaban J connectivity index is 1.91. The van der Waals surface area contributed by atoms with E-state index in [1.807, 2.05) is 12.1 Å². The predicted molar refractivity (Wildman–Crippen MR) is 79.5 cm³/mol. The first-order valence-corrected chi connectivity index (χ1v) is 7.36. The van der Waals surface area contributed by atoms with Gasteiger partial charge in [0.05, 0.1) is 13.7 Å². The van der Waals surface area contributed by atoms with E-state index >= 15 is 0 Å². The van der Waals surface area contributed by atoms with Crippen molar-refractivity contribution >= 4 is 0 Å². The molecule has 0 unspecified atom stereocenters. The van der Waals surface area contributed by atoms with Gasteiger partial charge in [0.2, 0.25) is 0 Å². The fraction of sp³-hybridized carbons (Fsp3) is 0.625. The number of rotatable bonds is 10. The van der Waals surface area contributed by atoms with Crippen LogP contribution in [0.15, 0.2) is 18.2 Å². The van der Waals surface area contributed by atoms with Crippen molar-refractivity contribution in [2.45, 2.75) is 38.3 Å². The lowest BCUT2D eigenvalue weighted by molar-refractivity contribution is 0.183. The van der Waals surface area contributed by atoms with Crippen LogP contribution in [0, 0.1) is 0 Å². The third-order valence-electron chi connectivity index (χ3n) is 3.43. The van der Waals surface area contributed by atoms with Crippen molar-refractivity contribution in [2.24, 2.45) is 0 Å². The largest absolute Gasteiger partial charge is 0.493 e. The van der Waals surface area contributed by atoms with Gasteiger partial charge in [-0.3, -0.25) is 0 Å². The molecular formula is C16H25NO3. The molecule has 0 radical (unpaired) electrons. The van der Waals surface area contributed by atoms with Gasteiger partial charge in [-0.1, -0.05) is 12.1 Å². The number of unbranched alkanes of at least 4 members (excludes halogenated alkanes) is 1. The van der Waals surface area contributed by atoms with Crippen molar-refractivity contribution < 1.29 is 14.2 Å². The molecule has 0 saturated heterocycles. The second-order valence-corrected chi connectivity index (χ2v) is 5.15. The summed E-state index contributed by atoms with van der Waals surface area (Å²) in [5.74, 6) is 1.69. The number of methoxy groups -OCH3 is 2. The van der Waals surface area contributed by atoms with Crippen LogP contribution in [0.2, 0.25) is 0 Å². The molecule has 1 aromatic rings. The monoisotopic (exact) mass is 279 g/mol. The van der Waals surface area contributed by atoms with Crippen LogP contribution in [-0.4, -0.2) is 33.5 Å². The van der Waals surface area contributed by atoms with Gasteiger partial charge in [0, 0.05) is 31.9 Å². The Hall–Kier alpha value is -1.26. The Morgan fingerprint density at radius 3 is 2.65 bits per heavy atom. The van der Waals surface area contributed by atoms with Crippen molar-refractivity contribution in [1.29, 1.82) is 0 Å². The molecule has 0 amide bonds. The lowest BCUT2D eigenvalue weighted by atomic mass is 10.2. The van der Waals surface area contributed by atoms with Gasteiger partial charge in [-0.2, -0.15) is 0 Å². The number of hydrogen-bond acceptors (Lipinski definition) is 4. The lowest BCUT2D eigenvalue weighted by Gasteiger charge is -2.15. The van der Waals surface area contributed by atoms with Gasteiger partial charge in [-0.05, 0) is 31.7 Å². The van der Waals surface area contributed by atoms with E-state index in [0.29, 0.717) is 12.6 Å². The highest BCUT2D eigenvalue weighted by Gasteiger charge is 2.21. The first kappa shape index (κ1) is 15.1. The minimum Gasteiger partial charge on any atom is -0.493 e. The summed E-state index contributed by atoms with van der Waals surface area (Å²) in [6.07, 6.45) is 4.58. The van der Waals surface area contributed by atoms with E-state index in [4.69, 9.17) is 14.2 Å². The summed E-state index contributed by atoms with van der Waals surface area (Å²) in [5.41, 5.74) is 1.17. The average Bonchev–Trinajstić information content (AvgIpc) is 3.29. The van der Waals surface area contributed by atoms with Crippen LogP contribution in [0.5, 0.6) is 11.5 Å². The molecule has 2 rings (SSSR count). The molecule has 0 heterocycles. The molecule has 1 aromatic carbocycles. The van der Waals surface area contributed by atoms with Crippen LogP contribution in [0.4, 0.5) is 0 Å². The maximum absolute atomic E-state index is 5.94. The van der Waals surface area contributed by atoms with E-state index in [-0.39, 0.29) is 0 Å². The normalized spacial score (nSPS) is 14.3. The standard InChI is InChI=1S/C16H25NO3/c1-18-10-3-4-11-20-16-13(12-17-14-8-9-14)6-5-7-15(16)19-2/h5-7,14,17H,3-4,8-12H2,1-2H3. The Morgan fingerprint density at radius 2 is 1.95 bits per heavy atom. The fourth-order valence-corrected chi connectivity index (χ4v) is 2.09. The molecule has 4 nitrogen and oxygen atoms in total. The van der Waals surface area contributed by atoms with Gasteiger partial charge in [0.25, 0.3) is 0 Å². The Kier molecular flexibility index (Phi) is 6.15. The molecule has 0 aliphatic heterocycles. The third-order valence-corrected chi connectivity index (χ3v) is 3.43. The number of hydrogen-bond donors (Lipinski definition) is 1. The molecule has 1 saturated carbocycles. The zero-order valence-corrected chi connectivity index (χ0v) is 12.5. The van der Waals surface area contributed by atoms with Gasteiger partial charge in [0.15, 0.2) is 11.5 Å². The van der Waals surface area contributed by atoms with E-state index in [1.165, 1.54) is 18.4 Å². The van der Waals surface area contributed by atoms with E-state index in [0.717, 1.165) is 37.5 Å². The molecule has 0 aromatic heterocycles. The summed E-state index contributed by atoms with van der Waals surface area (Å²) in [6.45, 7) is 2.32. The molecule has 1 N–H and O–H groups in total. The van der Waals surface area contributed by atoms with Gasteiger partial charge >= 0.3 is 0 Å². The zero-order valence-electron chi connectivity index (χ0n) is 12.5. The number of para-hydroxylation sites is 1. The molecular weight excluding hydrogens is 254 g/mol. The highest BCUT2D eigenvalue weighted by molar-refractivity contribution is 5.46. The van der Waals surface area contributed by atoms with Crippen molar-refractivity contribution in [3.63, 3.8) is 0 Å². The number of benzene rings is 1. The van der Waals surface area contributed by atoms with Crippen molar-refractivity contribution in [2.75, 3.05) is 27.4 Å². The highest BCUT2D eigenvalue weighted by atomic mass is 16.5. The zero-order chi connectivity index (χ0) is 14.2.